The maximum Gasteiger partial charge on any atom is 0.343 e. The Kier molecular flexibility index (Phi) is 9.76. The van der Waals surface area contributed by atoms with Gasteiger partial charge in [0.2, 0.25) is 5.43 Å². The molecule has 0 aliphatic heterocycles. The van der Waals surface area contributed by atoms with Crippen molar-refractivity contribution in [1.29, 1.82) is 0 Å². The van der Waals surface area contributed by atoms with Crippen LogP contribution >= 0.6 is 11.3 Å². The molecule has 3 aromatic carbocycles. The number of anilines is 1. The van der Waals surface area contributed by atoms with Crippen LogP contribution in [0.3, 0.4) is 0 Å². The molecule has 2 N–H and O–H groups in total. The van der Waals surface area contributed by atoms with E-state index in [4.69, 9.17) is 10.6 Å². The first kappa shape index (κ1) is 32.7. The number of hydrogen-bond acceptors (Lipinski definition) is 6. The standard InChI is InChI=1S/C35H34F2N4O4S/c1-21(2)31(42)27-20-40(19-25-28(36)11-8-12-29(25)37)34-30(32(27)43)26(18-39(3)17-22-9-6-5-7-10-22)33(46-34)23-13-15-24(16-14-23)41(45-4)35(38)44/h5-16,20-21H,17-19H2,1-4H3,(H2,38,44). The summed E-state index contributed by atoms with van der Waals surface area (Å²) < 4.78 is 31.4. The monoisotopic (exact) mass is 644 g/mol. The Morgan fingerprint density at radius 1 is 0.935 bits per heavy atom. The van der Waals surface area contributed by atoms with Crippen molar-refractivity contribution in [3.8, 4) is 10.4 Å². The first-order chi connectivity index (χ1) is 22.0. The van der Waals surface area contributed by atoms with Crippen molar-refractivity contribution in [3.05, 3.63) is 123 Å². The third-order valence-electron chi connectivity index (χ3n) is 7.66. The Bertz CT molecular complexity index is 1940. The van der Waals surface area contributed by atoms with Crippen LogP contribution in [0.15, 0.2) is 83.8 Å². The molecule has 0 fully saturated rings. The summed E-state index contributed by atoms with van der Waals surface area (Å²) in [6, 6.07) is 19.6. The van der Waals surface area contributed by atoms with Gasteiger partial charge >= 0.3 is 6.03 Å². The molecular formula is C35H34F2N4O4S. The van der Waals surface area contributed by atoms with Gasteiger partial charge in [0.1, 0.15) is 16.5 Å². The average Bonchev–Trinajstić information content (AvgIpc) is 3.40. The minimum atomic E-state index is -0.792. The molecule has 0 saturated carbocycles. The fourth-order valence-electron chi connectivity index (χ4n) is 5.43. The number of amides is 2. The molecule has 0 radical (unpaired) electrons. The van der Waals surface area contributed by atoms with Crippen LogP contribution in [0.1, 0.15) is 40.9 Å². The van der Waals surface area contributed by atoms with E-state index in [0.29, 0.717) is 34.6 Å². The zero-order chi connectivity index (χ0) is 33.1. The van der Waals surface area contributed by atoms with Crippen LogP contribution in [0.25, 0.3) is 20.7 Å². The summed E-state index contributed by atoms with van der Waals surface area (Å²) in [5.74, 6) is -2.29. The summed E-state index contributed by atoms with van der Waals surface area (Å²) in [6.07, 6.45) is 1.42. The van der Waals surface area contributed by atoms with E-state index in [1.54, 1.807) is 42.7 Å². The second kappa shape index (κ2) is 13.7. The number of nitrogens with two attached hydrogens (primary N) is 1. The number of rotatable bonds is 11. The number of hydroxylamine groups is 1. The van der Waals surface area contributed by atoms with E-state index in [9.17, 15) is 23.2 Å². The SMILES string of the molecule is CON(C(N)=O)c1ccc(-c2sc3c(c2CN(C)Cc2ccccc2)c(=O)c(C(=O)C(C)C)cn3Cc2c(F)cccc2F)cc1. The van der Waals surface area contributed by atoms with Gasteiger partial charge in [0.25, 0.3) is 0 Å². The summed E-state index contributed by atoms with van der Waals surface area (Å²) >= 11 is 1.30. The number of primary amides is 1. The summed E-state index contributed by atoms with van der Waals surface area (Å²) in [5.41, 5.74) is 7.68. The number of Topliss-reactive ketones (excluding diaryl/α,β-unsaturated/α-hetero) is 1. The molecule has 11 heteroatoms. The van der Waals surface area contributed by atoms with Crippen molar-refractivity contribution in [1.82, 2.24) is 9.47 Å². The zero-order valence-corrected chi connectivity index (χ0v) is 26.7. The number of carbonyl (C=O) groups is 2. The fraction of sp³-hybridized carbons (Fsp3) is 0.229. The van der Waals surface area contributed by atoms with Gasteiger partial charge < -0.3 is 10.3 Å². The van der Waals surface area contributed by atoms with Crippen molar-refractivity contribution in [2.75, 3.05) is 19.2 Å². The minimum Gasteiger partial charge on any atom is -0.349 e. The van der Waals surface area contributed by atoms with E-state index in [1.807, 2.05) is 37.4 Å². The Morgan fingerprint density at radius 2 is 1.59 bits per heavy atom. The molecule has 2 amide bonds. The second-order valence-electron chi connectivity index (χ2n) is 11.3. The molecule has 238 valence electrons. The van der Waals surface area contributed by atoms with Crippen LogP contribution < -0.4 is 16.2 Å². The van der Waals surface area contributed by atoms with Gasteiger partial charge in [-0.05, 0) is 48.0 Å². The average molecular weight is 645 g/mol. The molecule has 0 atom stereocenters. The molecule has 46 heavy (non-hydrogen) atoms. The molecule has 0 unspecified atom stereocenters. The zero-order valence-electron chi connectivity index (χ0n) is 25.9. The predicted molar refractivity (Wildman–Crippen MR) is 177 cm³/mol. The van der Waals surface area contributed by atoms with Crippen LogP contribution in [0.4, 0.5) is 19.3 Å². The van der Waals surface area contributed by atoms with Crippen LogP contribution in [0, 0.1) is 17.6 Å². The number of thiophene rings is 1. The Labute approximate surface area is 269 Å². The Balaban J connectivity index is 1.75. The third-order valence-corrected chi connectivity index (χ3v) is 8.97. The number of nitrogens with zero attached hydrogens (tertiary/aromatic N) is 3. The highest BCUT2D eigenvalue weighted by molar-refractivity contribution is 7.22. The summed E-state index contributed by atoms with van der Waals surface area (Å²) in [5, 5.41) is 1.27. The predicted octanol–water partition coefficient (Wildman–Crippen LogP) is 6.97. The van der Waals surface area contributed by atoms with Crippen molar-refractivity contribution in [2.45, 2.75) is 33.5 Å². The van der Waals surface area contributed by atoms with Crippen molar-refractivity contribution >= 4 is 39.1 Å². The highest BCUT2D eigenvalue weighted by atomic mass is 32.1. The summed E-state index contributed by atoms with van der Waals surface area (Å²) in [6.45, 7) is 4.10. The van der Waals surface area contributed by atoms with Gasteiger partial charge in [-0.2, -0.15) is 5.06 Å². The quantitative estimate of drug-likeness (QED) is 0.124. The van der Waals surface area contributed by atoms with E-state index in [1.165, 1.54) is 42.8 Å². The van der Waals surface area contributed by atoms with Crippen molar-refractivity contribution < 1.29 is 23.2 Å². The summed E-state index contributed by atoms with van der Waals surface area (Å²) in [7, 11) is 3.26. The van der Waals surface area contributed by atoms with Gasteiger partial charge in [0.05, 0.1) is 30.3 Å². The van der Waals surface area contributed by atoms with E-state index >= 15 is 0 Å². The maximum absolute atomic E-state index is 14.9. The highest BCUT2D eigenvalue weighted by Crippen LogP contribution is 2.39. The van der Waals surface area contributed by atoms with Gasteiger partial charge in [-0.25, -0.2) is 13.6 Å². The van der Waals surface area contributed by atoms with Crippen LogP contribution in [-0.2, 0) is 24.5 Å². The molecule has 0 aliphatic carbocycles. The number of ketones is 1. The number of carbonyl (C=O) groups excluding carboxylic acids is 2. The number of pyridine rings is 1. The molecule has 0 aliphatic rings. The molecule has 0 bridgehead atoms. The Morgan fingerprint density at radius 3 is 2.17 bits per heavy atom. The van der Waals surface area contributed by atoms with Gasteiger partial charge in [-0.15, -0.1) is 11.3 Å². The topological polar surface area (TPSA) is 97.9 Å². The lowest BCUT2D eigenvalue weighted by atomic mass is 9.99. The van der Waals surface area contributed by atoms with E-state index < -0.39 is 29.0 Å². The number of urea groups is 1. The number of halogens is 2. The maximum atomic E-state index is 14.9. The van der Waals surface area contributed by atoms with E-state index in [0.717, 1.165) is 21.1 Å². The molecule has 0 saturated heterocycles. The number of benzene rings is 3. The lowest BCUT2D eigenvalue weighted by Gasteiger charge is -2.19. The second-order valence-corrected chi connectivity index (χ2v) is 12.3. The lowest BCUT2D eigenvalue weighted by molar-refractivity contribution is 0.0937. The highest BCUT2D eigenvalue weighted by Gasteiger charge is 2.26. The normalized spacial score (nSPS) is 11.5. The largest absolute Gasteiger partial charge is 0.349 e. The molecule has 5 rings (SSSR count). The number of hydrogen-bond donors (Lipinski definition) is 1. The molecule has 0 spiro atoms. The van der Waals surface area contributed by atoms with Crippen molar-refractivity contribution in [2.24, 2.45) is 11.7 Å². The Hall–Kier alpha value is -4.71. The van der Waals surface area contributed by atoms with Gasteiger partial charge in [-0.3, -0.25) is 19.3 Å². The van der Waals surface area contributed by atoms with E-state index in [2.05, 4.69) is 4.90 Å². The molecule has 8 nitrogen and oxygen atoms in total. The van der Waals surface area contributed by atoms with Crippen LogP contribution in [0.2, 0.25) is 0 Å². The molecule has 5 aromatic rings. The van der Waals surface area contributed by atoms with Crippen molar-refractivity contribution in [3.63, 3.8) is 0 Å². The number of aromatic nitrogens is 1. The number of fused-ring (bicyclic) bond motifs is 1. The van der Waals surface area contributed by atoms with Crippen LogP contribution in [0.5, 0.6) is 0 Å². The third kappa shape index (κ3) is 6.62. The van der Waals surface area contributed by atoms with E-state index in [-0.39, 0.29) is 23.5 Å². The van der Waals surface area contributed by atoms with Crippen LogP contribution in [-0.4, -0.2) is 35.4 Å². The molecule has 2 aromatic heterocycles. The van der Waals surface area contributed by atoms with Gasteiger partial charge in [-0.1, -0.05) is 62.4 Å². The first-order valence-corrected chi connectivity index (χ1v) is 15.4. The molecular weight excluding hydrogens is 610 g/mol. The smallest absolute Gasteiger partial charge is 0.343 e. The summed E-state index contributed by atoms with van der Waals surface area (Å²) in [4.78, 5) is 47.8. The van der Waals surface area contributed by atoms with Gasteiger partial charge in [0, 0.05) is 35.6 Å². The van der Waals surface area contributed by atoms with Gasteiger partial charge in [0.15, 0.2) is 5.78 Å². The minimum absolute atomic E-state index is 0.0388. The fourth-order valence-corrected chi connectivity index (χ4v) is 6.72. The molecule has 2 heterocycles. The first-order valence-electron chi connectivity index (χ1n) is 14.6. The lowest BCUT2D eigenvalue weighted by Crippen LogP contribution is -2.34.